The number of hydrogen-bond acceptors (Lipinski definition) is 0. The van der Waals surface area contributed by atoms with E-state index in [0.29, 0.717) is 12.8 Å². The van der Waals surface area contributed by atoms with E-state index < -0.39 is 5.92 Å². The Balaban J connectivity index is 4.57. The molecule has 0 bridgehead atoms. The lowest BCUT2D eigenvalue weighted by molar-refractivity contribution is 0.0538. The molecule has 0 aromatic heterocycles. The van der Waals surface area contributed by atoms with Gasteiger partial charge in [0.15, 0.2) is 0 Å². The molecule has 0 atom stereocenters. The van der Waals surface area contributed by atoms with E-state index >= 15 is 0 Å². The number of rotatable bonds is 3. The second-order valence-electron chi connectivity index (χ2n) is 4.76. The Hall–Kier alpha value is -0.400. The molecule has 0 fully saturated rings. The van der Waals surface area contributed by atoms with Crippen LogP contribution in [0.1, 0.15) is 47.5 Å². The molecule has 78 valence electrons. The van der Waals surface area contributed by atoms with E-state index in [0.717, 1.165) is 6.92 Å². The minimum Gasteiger partial charge on any atom is -0.202 e. The molecule has 0 aliphatic rings. The van der Waals surface area contributed by atoms with Crippen molar-refractivity contribution in [2.45, 2.75) is 53.4 Å². The molecule has 0 N–H and O–H groups in total. The quantitative estimate of drug-likeness (QED) is 0.578. The van der Waals surface area contributed by atoms with Crippen LogP contribution in [-0.4, -0.2) is 5.92 Å². The normalized spacial score (nSPS) is 14.8. The zero-order chi connectivity index (χ0) is 10.7. The zero-order valence-corrected chi connectivity index (χ0v) is 9.25. The van der Waals surface area contributed by atoms with Crippen LogP contribution in [0.5, 0.6) is 0 Å². The van der Waals surface area contributed by atoms with E-state index in [1.165, 1.54) is 0 Å². The maximum absolute atomic E-state index is 13.0. The Morgan fingerprint density at radius 3 is 1.85 bits per heavy atom. The third-order valence-electron chi connectivity index (χ3n) is 1.74. The molecule has 13 heavy (non-hydrogen) atoms. The second-order valence-corrected chi connectivity index (χ2v) is 4.76. The maximum atomic E-state index is 13.0. The van der Waals surface area contributed by atoms with E-state index in [2.05, 4.69) is 0 Å². The summed E-state index contributed by atoms with van der Waals surface area (Å²) in [6.45, 7) is 8.78. The largest absolute Gasteiger partial charge is 0.266 e. The fourth-order valence-corrected chi connectivity index (χ4v) is 1.22. The molecule has 0 nitrogen and oxygen atoms in total. The fraction of sp³-hybridized carbons (Fsp3) is 0.818. The highest BCUT2D eigenvalue weighted by molar-refractivity contribution is 5.12. The predicted octanol–water partition coefficient (Wildman–Crippen LogP) is 4.41. The van der Waals surface area contributed by atoms with Gasteiger partial charge in [-0.2, -0.15) is 0 Å². The lowest BCUT2D eigenvalue weighted by Crippen LogP contribution is -2.19. The van der Waals surface area contributed by atoms with Crippen molar-refractivity contribution in [3.8, 4) is 0 Å². The van der Waals surface area contributed by atoms with Crippen LogP contribution in [0.15, 0.2) is 11.6 Å². The summed E-state index contributed by atoms with van der Waals surface area (Å²) >= 11 is 0. The van der Waals surface area contributed by atoms with Crippen molar-refractivity contribution in [2.24, 2.45) is 5.41 Å². The van der Waals surface area contributed by atoms with Gasteiger partial charge in [0.25, 0.3) is 5.92 Å². The zero-order valence-electron chi connectivity index (χ0n) is 9.25. The molecule has 0 aromatic carbocycles. The molecule has 0 saturated heterocycles. The minimum atomic E-state index is -2.66. The molecule has 2 heteroatoms. The van der Waals surface area contributed by atoms with Crippen LogP contribution < -0.4 is 0 Å². The average molecular weight is 190 g/mol. The number of allylic oxidation sites excluding steroid dienone is 2. The van der Waals surface area contributed by atoms with Gasteiger partial charge < -0.3 is 0 Å². The monoisotopic (exact) mass is 190 g/mol. The van der Waals surface area contributed by atoms with Crippen LogP contribution in [0.25, 0.3) is 0 Å². The first-order valence-electron chi connectivity index (χ1n) is 4.74. The van der Waals surface area contributed by atoms with Gasteiger partial charge in [-0.25, -0.2) is 8.78 Å². The molecule has 0 rings (SSSR count). The smallest absolute Gasteiger partial charge is 0.202 e. The summed E-state index contributed by atoms with van der Waals surface area (Å²) in [4.78, 5) is 0. The van der Waals surface area contributed by atoms with Crippen molar-refractivity contribution in [3.63, 3.8) is 0 Å². The Kier molecular flexibility index (Phi) is 4.08. The Morgan fingerprint density at radius 2 is 1.62 bits per heavy atom. The Morgan fingerprint density at radius 1 is 1.15 bits per heavy atom. The average Bonchev–Trinajstić information content (AvgIpc) is 1.81. The van der Waals surface area contributed by atoms with Crippen molar-refractivity contribution in [2.75, 3.05) is 0 Å². The van der Waals surface area contributed by atoms with Crippen LogP contribution >= 0.6 is 0 Å². The van der Waals surface area contributed by atoms with Crippen LogP contribution in [0.3, 0.4) is 0 Å². The SMILES string of the molecule is CC/C=C(/CC(C)(C)C)C(C)(F)F. The van der Waals surface area contributed by atoms with E-state index in [9.17, 15) is 8.78 Å². The minimum absolute atomic E-state index is 0.0690. The fourth-order valence-electron chi connectivity index (χ4n) is 1.22. The summed E-state index contributed by atoms with van der Waals surface area (Å²) in [7, 11) is 0. The van der Waals surface area contributed by atoms with Crippen LogP contribution in [0.2, 0.25) is 0 Å². The number of halogens is 2. The highest BCUT2D eigenvalue weighted by Crippen LogP contribution is 2.33. The predicted molar refractivity (Wildman–Crippen MR) is 53.1 cm³/mol. The summed E-state index contributed by atoms with van der Waals surface area (Å²) < 4.78 is 26.1. The molecule has 0 aromatic rings. The first kappa shape index (κ1) is 12.6. The van der Waals surface area contributed by atoms with E-state index in [1.54, 1.807) is 6.08 Å². The van der Waals surface area contributed by atoms with Crippen molar-refractivity contribution < 1.29 is 8.78 Å². The van der Waals surface area contributed by atoms with Gasteiger partial charge in [0.2, 0.25) is 0 Å². The number of alkyl halides is 2. The van der Waals surface area contributed by atoms with Gasteiger partial charge in [-0.3, -0.25) is 0 Å². The molecule has 0 amide bonds. The van der Waals surface area contributed by atoms with E-state index in [4.69, 9.17) is 0 Å². The second kappa shape index (κ2) is 4.21. The molecule has 0 radical (unpaired) electrons. The van der Waals surface area contributed by atoms with Gasteiger partial charge in [0, 0.05) is 6.92 Å². The molecule has 0 unspecified atom stereocenters. The van der Waals surface area contributed by atoms with Crippen molar-refractivity contribution in [1.29, 1.82) is 0 Å². The summed E-state index contributed by atoms with van der Waals surface area (Å²) in [5, 5.41) is 0. The highest BCUT2D eigenvalue weighted by atomic mass is 19.3. The van der Waals surface area contributed by atoms with Gasteiger partial charge in [0.05, 0.1) is 0 Å². The Labute approximate surface area is 80.0 Å². The van der Waals surface area contributed by atoms with Crippen LogP contribution in [0.4, 0.5) is 8.78 Å². The molecular weight excluding hydrogens is 170 g/mol. The third-order valence-corrected chi connectivity index (χ3v) is 1.74. The van der Waals surface area contributed by atoms with Gasteiger partial charge in [-0.1, -0.05) is 33.8 Å². The highest BCUT2D eigenvalue weighted by Gasteiger charge is 2.29. The maximum Gasteiger partial charge on any atom is 0.266 e. The van der Waals surface area contributed by atoms with E-state index in [-0.39, 0.29) is 11.0 Å². The molecule has 0 spiro atoms. The molecular formula is C11H20F2. The molecule has 0 aliphatic carbocycles. The van der Waals surface area contributed by atoms with Crippen molar-refractivity contribution in [3.05, 3.63) is 11.6 Å². The summed E-state index contributed by atoms with van der Waals surface area (Å²) in [6, 6.07) is 0. The summed E-state index contributed by atoms with van der Waals surface area (Å²) in [5.74, 6) is -2.66. The summed E-state index contributed by atoms with van der Waals surface area (Å²) in [5.41, 5.74) is 0.197. The lowest BCUT2D eigenvalue weighted by Gasteiger charge is -2.24. The van der Waals surface area contributed by atoms with Gasteiger partial charge in [-0.15, -0.1) is 0 Å². The van der Waals surface area contributed by atoms with Crippen LogP contribution in [-0.2, 0) is 0 Å². The number of hydrogen-bond donors (Lipinski definition) is 0. The molecule has 0 aliphatic heterocycles. The van der Waals surface area contributed by atoms with Gasteiger partial charge in [0.1, 0.15) is 0 Å². The topological polar surface area (TPSA) is 0 Å². The lowest BCUT2D eigenvalue weighted by atomic mass is 9.85. The standard InChI is InChI=1S/C11H20F2/c1-6-7-9(11(5,12)13)8-10(2,3)4/h7H,6,8H2,1-5H3/b9-7-. The van der Waals surface area contributed by atoms with Crippen LogP contribution in [0, 0.1) is 5.41 Å². The third kappa shape index (κ3) is 5.78. The Bertz CT molecular complexity index is 179. The van der Waals surface area contributed by atoms with Crippen molar-refractivity contribution >= 4 is 0 Å². The van der Waals surface area contributed by atoms with Crippen molar-refractivity contribution in [1.82, 2.24) is 0 Å². The van der Waals surface area contributed by atoms with E-state index in [1.807, 2.05) is 27.7 Å². The first-order valence-corrected chi connectivity index (χ1v) is 4.74. The van der Waals surface area contributed by atoms with Gasteiger partial charge in [-0.05, 0) is 23.8 Å². The first-order chi connectivity index (χ1) is 5.67. The summed E-state index contributed by atoms with van der Waals surface area (Å²) in [6.07, 6.45) is 2.78. The van der Waals surface area contributed by atoms with Gasteiger partial charge >= 0.3 is 0 Å². The molecule has 0 saturated carbocycles. The molecule has 0 heterocycles.